The third kappa shape index (κ3) is 4.17. The molecule has 2 aromatic carbocycles. The van der Waals surface area contributed by atoms with Crippen LogP contribution in [0, 0.1) is 6.92 Å². The van der Waals surface area contributed by atoms with Gasteiger partial charge in [-0.1, -0.05) is 18.2 Å². The number of rotatable bonds is 7. The average molecular weight is 359 g/mol. The van der Waals surface area contributed by atoms with Crippen molar-refractivity contribution in [2.75, 3.05) is 6.54 Å². The molecule has 26 heavy (non-hydrogen) atoms. The first kappa shape index (κ1) is 17.8. The van der Waals surface area contributed by atoms with Crippen LogP contribution >= 0.6 is 0 Å². The van der Waals surface area contributed by atoms with Crippen LogP contribution in [0.25, 0.3) is 11.0 Å². The van der Waals surface area contributed by atoms with Gasteiger partial charge in [0.2, 0.25) is 0 Å². The van der Waals surface area contributed by atoms with Crippen molar-refractivity contribution >= 4 is 16.9 Å². The van der Waals surface area contributed by atoms with Crippen molar-refractivity contribution in [2.24, 2.45) is 0 Å². The van der Waals surface area contributed by atoms with Crippen molar-refractivity contribution in [1.29, 1.82) is 0 Å². The first-order chi connectivity index (χ1) is 12.5. The molecule has 1 heterocycles. The Morgan fingerprint density at radius 1 is 1.23 bits per heavy atom. The number of nitrogens with one attached hydrogen (secondary N) is 1. The summed E-state index contributed by atoms with van der Waals surface area (Å²) in [6, 6.07) is 13.7. The van der Waals surface area contributed by atoms with Crippen LogP contribution in [-0.4, -0.2) is 28.6 Å². The Hall–Kier alpha value is -2.96. The smallest absolute Gasteiger partial charge is 0.387 e. The normalized spacial score (nSPS) is 11.1. The zero-order valence-corrected chi connectivity index (χ0v) is 14.3. The van der Waals surface area contributed by atoms with Gasteiger partial charge in [0.25, 0.3) is 5.91 Å². The van der Waals surface area contributed by atoms with Crippen LogP contribution in [0.15, 0.2) is 48.5 Å². The van der Waals surface area contributed by atoms with Crippen LogP contribution in [0.1, 0.15) is 22.6 Å². The number of imidazole rings is 1. The number of carbonyl (C=O) groups excluding carboxylic acids is 1. The summed E-state index contributed by atoms with van der Waals surface area (Å²) >= 11 is 0. The summed E-state index contributed by atoms with van der Waals surface area (Å²) in [4.78, 5) is 16.7. The number of fused-ring (bicyclic) bond motifs is 1. The van der Waals surface area contributed by atoms with Gasteiger partial charge < -0.3 is 14.6 Å². The number of hydrogen-bond donors (Lipinski definition) is 1. The Morgan fingerprint density at radius 2 is 2.04 bits per heavy atom. The van der Waals surface area contributed by atoms with Gasteiger partial charge in [-0.3, -0.25) is 4.79 Å². The zero-order chi connectivity index (χ0) is 18.5. The predicted octanol–water partition coefficient (Wildman–Crippen LogP) is 3.77. The van der Waals surface area contributed by atoms with Gasteiger partial charge in [0.15, 0.2) is 0 Å². The van der Waals surface area contributed by atoms with Gasteiger partial charge in [0.05, 0.1) is 11.0 Å². The summed E-state index contributed by atoms with van der Waals surface area (Å²) in [5.74, 6) is 0.569. The highest BCUT2D eigenvalue weighted by Gasteiger charge is 2.10. The van der Waals surface area contributed by atoms with Gasteiger partial charge in [0.1, 0.15) is 11.6 Å². The first-order valence-corrected chi connectivity index (χ1v) is 8.29. The van der Waals surface area contributed by atoms with Crippen LogP contribution in [0.2, 0.25) is 0 Å². The molecule has 0 aliphatic heterocycles. The lowest BCUT2D eigenvalue weighted by atomic mass is 10.2. The Morgan fingerprint density at radius 3 is 2.85 bits per heavy atom. The maximum Gasteiger partial charge on any atom is 0.387 e. The number of ether oxygens (including phenoxy) is 1. The third-order valence-corrected chi connectivity index (χ3v) is 4.01. The molecule has 0 radical (unpaired) electrons. The van der Waals surface area contributed by atoms with Crippen molar-refractivity contribution in [3.8, 4) is 5.75 Å². The fourth-order valence-electron chi connectivity index (χ4n) is 2.83. The van der Waals surface area contributed by atoms with Crippen molar-refractivity contribution in [2.45, 2.75) is 26.5 Å². The minimum Gasteiger partial charge on any atom is -0.435 e. The summed E-state index contributed by atoms with van der Waals surface area (Å²) in [5, 5.41) is 2.79. The van der Waals surface area contributed by atoms with E-state index in [2.05, 4.69) is 19.6 Å². The van der Waals surface area contributed by atoms with E-state index in [1.807, 2.05) is 31.2 Å². The van der Waals surface area contributed by atoms with E-state index in [1.54, 1.807) is 6.07 Å². The van der Waals surface area contributed by atoms with E-state index >= 15 is 0 Å². The van der Waals surface area contributed by atoms with Crippen molar-refractivity contribution in [1.82, 2.24) is 14.9 Å². The number of hydrogen-bond acceptors (Lipinski definition) is 3. The monoisotopic (exact) mass is 359 g/mol. The van der Waals surface area contributed by atoms with E-state index in [1.165, 1.54) is 18.2 Å². The topological polar surface area (TPSA) is 56.2 Å². The lowest BCUT2D eigenvalue weighted by Gasteiger charge is -2.09. The molecule has 0 fully saturated rings. The molecule has 5 nitrogen and oxygen atoms in total. The van der Waals surface area contributed by atoms with Crippen molar-refractivity contribution in [3.05, 3.63) is 59.9 Å². The van der Waals surface area contributed by atoms with Crippen LogP contribution < -0.4 is 10.1 Å². The second kappa shape index (κ2) is 7.95. The molecule has 1 amide bonds. The Balaban J connectivity index is 1.55. The number of aromatic nitrogens is 2. The van der Waals surface area contributed by atoms with E-state index in [0.717, 1.165) is 29.8 Å². The van der Waals surface area contributed by atoms with Gasteiger partial charge in [-0.15, -0.1) is 0 Å². The minimum absolute atomic E-state index is 0.0341. The van der Waals surface area contributed by atoms with Crippen molar-refractivity contribution in [3.63, 3.8) is 0 Å². The molecular weight excluding hydrogens is 340 g/mol. The fraction of sp³-hybridized carbons (Fsp3) is 0.263. The number of nitrogens with zero attached hydrogens (tertiary/aromatic N) is 2. The lowest BCUT2D eigenvalue weighted by Crippen LogP contribution is -2.25. The number of carbonyl (C=O) groups is 1. The molecule has 1 aromatic heterocycles. The van der Waals surface area contributed by atoms with Crippen LogP contribution in [0.5, 0.6) is 5.75 Å². The molecular formula is C19H19F2N3O2. The van der Waals surface area contributed by atoms with Gasteiger partial charge >= 0.3 is 6.61 Å². The Labute approximate surface area is 149 Å². The molecule has 3 rings (SSSR count). The molecule has 0 atom stereocenters. The molecule has 0 saturated carbocycles. The molecule has 7 heteroatoms. The minimum atomic E-state index is -2.92. The summed E-state index contributed by atoms with van der Waals surface area (Å²) in [6.07, 6.45) is 0.722. The summed E-state index contributed by atoms with van der Waals surface area (Å²) in [6.45, 7) is 0.223. The second-order valence-corrected chi connectivity index (χ2v) is 5.82. The number of aryl methyl sites for hydroxylation is 2. The van der Waals surface area contributed by atoms with Gasteiger partial charge in [-0.2, -0.15) is 8.78 Å². The summed E-state index contributed by atoms with van der Waals surface area (Å²) < 4.78 is 30.9. The maximum atomic E-state index is 12.2. The predicted molar refractivity (Wildman–Crippen MR) is 94.5 cm³/mol. The highest BCUT2D eigenvalue weighted by molar-refractivity contribution is 5.94. The Kier molecular flexibility index (Phi) is 5.46. The number of halogens is 2. The second-order valence-electron chi connectivity index (χ2n) is 5.82. The van der Waals surface area contributed by atoms with E-state index in [4.69, 9.17) is 0 Å². The quantitative estimate of drug-likeness (QED) is 0.654. The van der Waals surface area contributed by atoms with E-state index in [0.29, 0.717) is 6.54 Å². The molecule has 1 N–H and O–H groups in total. The Bertz CT molecular complexity index is 909. The molecule has 3 aromatic rings. The van der Waals surface area contributed by atoms with Crippen molar-refractivity contribution < 1.29 is 18.3 Å². The highest BCUT2D eigenvalue weighted by Crippen LogP contribution is 2.17. The lowest BCUT2D eigenvalue weighted by molar-refractivity contribution is -0.0498. The highest BCUT2D eigenvalue weighted by atomic mass is 19.3. The van der Waals surface area contributed by atoms with Gasteiger partial charge in [0, 0.05) is 18.7 Å². The summed E-state index contributed by atoms with van der Waals surface area (Å²) in [7, 11) is 0. The largest absolute Gasteiger partial charge is 0.435 e. The fourth-order valence-corrected chi connectivity index (χ4v) is 2.83. The van der Waals surface area contributed by atoms with Gasteiger partial charge in [-0.25, -0.2) is 4.98 Å². The molecule has 0 bridgehead atoms. The first-order valence-electron chi connectivity index (χ1n) is 8.29. The molecule has 136 valence electrons. The average Bonchev–Trinajstić information content (AvgIpc) is 2.93. The van der Waals surface area contributed by atoms with Gasteiger partial charge in [-0.05, 0) is 43.7 Å². The number of amides is 1. The molecule has 0 unspecified atom stereocenters. The van der Waals surface area contributed by atoms with Crippen LogP contribution in [0.3, 0.4) is 0 Å². The standard InChI is InChI=1S/C19H19F2N3O2/c1-13-23-16-8-2-3-9-17(16)24(13)11-5-10-22-18(25)14-6-4-7-15(12-14)26-19(20)21/h2-4,6-9,12,19H,5,10-11H2,1H3,(H,22,25). The van der Waals surface area contributed by atoms with E-state index < -0.39 is 6.61 Å². The molecule has 0 aliphatic rings. The number of benzene rings is 2. The maximum absolute atomic E-state index is 12.2. The molecule has 0 aliphatic carbocycles. The number of para-hydroxylation sites is 2. The van der Waals surface area contributed by atoms with Crippen LogP contribution in [0.4, 0.5) is 8.78 Å². The van der Waals surface area contributed by atoms with E-state index in [9.17, 15) is 13.6 Å². The number of alkyl halides is 2. The third-order valence-electron chi connectivity index (χ3n) is 4.01. The molecule has 0 saturated heterocycles. The zero-order valence-electron chi connectivity index (χ0n) is 14.3. The SMILES string of the molecule is Cc1nc2ccccc2n1CCCNC(=O)c1cccc(OC(F)F)c1. The summed E-state index contributed by atoms with van der Waals surface area (Å²) in [5.41, 5.74) is 2.30. The molecule has 0 spiro atoms. The van der Waals surface area contributed by atoms with E-state index in [-0.39, 0.29) is 17.2 Å². The van der Waals surface area contributed by atoms with Crippen LogP contribution in [-0.2, 0) is 6.54 Å².